The summed E-state index contributed by atoms with van der Waals surface area (Å²) in [6, 6.07) is 53.9. The van der Waals surface area contributed by atoms with Gasteiger partial charge in [0, 0.05) is 17.1 Å². The molecule has 0 aliphatic rings. The lowest BCUT2D eigenvalue weighted by Gasteiger charge is -2.27. The molecule has 0 radical (unpaired) electrons. The van der Waals surface area contributed by atoms with Crippen molar-refractivity contribution < 1.29 is 10.0 Å². The van der Waals surface area contributed by atoms with Crippen LogP contribution in [0.2, 0.25) is 0 Å². The van der Waals surface area contributed by atoms with E-state index in [2.05, 4.69) is 126 Å². The molecule has 0 saturated carbocycles. The van der Waals surface area contributed by atoms with Crippen molar-refractivity contribution in [1.29, 1.82) is 0 Å². The molecule has 0 spiro atoms. The van der Waals surface area contributed by atoms with Crippen LogP contribution in [0.1, 0.15) is 0 Å². The third-order valence-electron chi connectivity index (χ3n) is 7.09. The van der Waals surface area contributed by atoms with Crippen LogP contribution < -0.4 is 10.4 Å². The Labute approximate surface area is 235 Å². The van der Waals surface area contributed by atoms with Crippen molar-refractivity contribution >= 4 is 29.6 Å². The van der Waals surface area contributed by atoms with E-state index in [1.54, 1.807) is 12.1 Å². The molecule has 0 aliphatic carbocycles. The Hall–Kier alpha value is -4.90. The SMILES string of the molecule is OB(O)c1ccc(-c2cccc(N(c3ccc(-c4ccccc4)cc3)c3cccc(-c4ccccc4)c3)c2)cc1. The highest BCUT2D eigenvalue weighted by Gasteiger charge is 2.15. The van der Waals surface area contributed by atoms with E-state index < -0.39 is 7.12 Å². The average molecular weight is 517 g/mol. The Morgan fingerprint density at radius 3 is 1.25 bits per heavy atom. The molecule has 0 unspecified atom stereocenters. The molecule has 0 fully saturated rings. The monoisotopic (exact) mass is 517 g/mol. The zero-order chi connectivity index (χ0) is 27.3. The Bertz CT molecular complexity index is 1700. The minimum absolute atomic E-state index is 0.470. The minimum atomic E-state index is -1.48. The van der Waals surface area contributed by atoms with Crippen LogP contribution in [0.4, 0.5) is 17.1 Å². The fourth-order valence-corrected chi connectivity index (χ4v) is 5.01. The van der Waals surface area contributed by atoms with Gasteiger partial charge in [0.15, 0.2) is 0 Å². The standard InChI is InChI=1S/C36H28BNO2/c39-37(40)33-21-17-30(18-22-33)32-14-8-16-36(26-32)38(34-23-19-29(20-24-34)27-9-3-1-4-10-27)35-15-7-13-31(25-35)28-11-5-2-6-12-28/h1-26,39-40H. The van der Waals surface area contributed by atoms with Gasteiger partial charge >= 0.3 is 7.12 Å². The quantitative estimate of drug-likeness (QED) is 0.212. The number of hydrogen-bond donors (Lipinski definition) is 2. The molecule has 6 aromatic rings. The second kappa shape index (κ2) is 11.5. The molecule has 6 aromatic carbocycles. The van der Waals surface area contributed by atoms with Gasteiger partial charge in [0.2, 0.25) is 0 Å². The van der Waals surface area contributed by atoms with Crippen molar-refractivity contribution in [2.75, 3.05) is 4.90 Å². The van der Waals surface area contributed by atoms with Gasteiger partial charge in [-0.25, -0.2) is 0 Å². The van der Waals surface area contributed by atoms with E-state index in [0.29, 0.717) is 5.46 Å². The van der Waals surface area contributed by atoms with Gasteiger partial charge in [0.05, 0.1) is 0 Å². The first kappa shape index (κ1) is 25.4. The molecule has 0 bridgehead atoms. The second-order valence-electron chi connectivity index (χ2n) is 9.71. The Kier molecular flexibility index (Phi) is 7.27. The molecule has 2 N–H and O–H groups in total. The first-order chi connectivity index (χ1) is 19.7. The molecule has 6 rings (SSSR count). The molecule has 0 atom stereocenters. The summed E-state index contributed by atoms with van der Waals surface area (Å²) in [6.07, 6.45) is 0. The molecule has 3 nitrogen and oxygen atoms in total. The summed E-state index contributed by atoms with van der Waals surface area (Å²) in [4.78, 5) is 2.27. The van der Waals surface area contributed by atoms with E-state index in [1.165, 1.54) is 16.7 Å². The van der Waals surface area contributed by atoms with Crippen LogP contribution in [0.15, 0.2) is 158 Å². The fraction of sp³-hybridized carbons (Fsp3) is 0. The maximum absolute atomic E-state index is 9.50. The van der Waals surface area contributed by atoms with Crippen LogP contribution in [0.5, 0.6) is 0 Å². The van der Waals surface area contributed by atoms with Crippen molar-refractivity contribution in [3.05, 3.63) is 158 Å². The van der Waals surface area contributed by atoms with Gasteiger partial charge in [-0.05, 0) is 75.2 Å². The van der Waals surface area contributed by atoms with E-state index in [-0.39, 0.29) is 0 Å². The number of anilines is 3. The first-order valence-electron chi connectivity index (χ1n) is 13.3. The van der Waals surface area contributed by atoms with Gasteiger partial charge in [-0.1, -0.05) is 121 Å². The predicted molar refractivity (Wildman–Crippen MR) is 167 cm³/mol. The van der Waals surface area contributed by atoms with Gasteiger partial charge in [-0.15, -0.1) is 0 Å². The third kappa shape index (κ3) is 5.45. The molecule has 4 heteroatoms. The highest BCUT2D eigenvalue weighted by molar-refractivity contribution is 6.58. The van der Waals surface area contributed by atoms with Crippen LogP contribution >= 0.6 is 0 Å². The topological polar surface area (TPSA) is 43.7 Å². The smallest absolute Gasteiger partial charge is 0.423 e. The summed E-state index contributed by atoms with van der Waals surface area (Å²) in [6.45, 7) is 0. The summed E-state index contributed by atoms with van der Waals surface area (Å²) in [7, 11) is -1.48. The highest BCUT2D eigenvalue weighted by Crippen LogP contribution is 2.38. The van der Waals surface area contributed by atoms with Crippen molar-refractivity contribution in [2.45, 2.75) is 0 Å². The first-order valence-corrected chi connectivity index (χ1v) is 13.3. The molecule has 192 valence electrons. The lowest BCUT2D eigenvalue weighted by molar-refractivity contribution is 0.426. The lowest BCUT2D eigenvalue weighted by Crippen LogP contribution is -2.29. The van der Waals surface area contributed by atoms with E-state index in [0.717, 1.165) is 33.8 Å². The Morgan fingerprint density at radius 2 is 0.750 bits per heavy atom. The van der Waals surface area contributed by atoms with Crippen LogP contribution in [0.25, 0.3) is 33.4 Å². The van der Waals surface area contributed by atoms with Crippen molar-refractivity contribution in [2.24, 2.45) is 0 Å². The normalized spacial score (nSPS) is 10.8. The number of benzene rings is 6. The molecule has 0 saturated heterocycles. The molecule has 40 heavy (non-hydrogen) atoms. The number of nitrogens with zero attached hydrogens (tertiary/aromatic N) is 1. The highest BCUT2D eigenvalue weighted by atomic mass is 16.4. The summed E-state index contributed by atoms with van der Waals surface area (Å²) >= 11 is 0. The van der Waals surface area contributed by atoms with Crippen molar-refractivity contribution in [3.8, 4) is 33.4 Å². The molecule has 0 amide bonds. The summed E-state index contributed by atoms with van der Waals surface area (Å²) in [5.41, 5.74) is 10.3. The fourth-order valence-electron chi connectivity index (χ4n) is 5.01. The number of rotatable bonds is 7. The largest absolute Gasteiger partial charge is 0.488 e. The molecule has 0 heterocycles. The average Bonchev–Trinajstić information content (AvgIpc) is 3.03. The van der Waals surface area contributed by atoms with E-state index in [1.807, 2.05) is 24.3 Å². The summed E-state index contributed by atoms with van der Waals surface area (Å²) < 4.78 is 0. The van der Waals surface area contributed by atoms with E-state index in [9.17, 15) is 10.0 Å². The lowest BCUT2D eigenvalue weighted by atomic mass is 9.80. The van der Waals surface area contributed by atoms with Crippen LogP contribution in [-0.4, -0.2) is 17.2 Å². The van der Waals surface area contributed by atoms with Crippen LogP contribution in [-0.2, 0) is 0 Å². The zero-order valence-electron chi connectivity index (χ0n) is 21.9. The summed E-state index contributed by atoms with van der Waals surface area (Å²) in [5.74, 6) is 0. The molecular weight excluding hydrogens is 489 g/mol. The van der Waals surface area contributed by atoms with Gasteiger partial charge in [0.1, 0.15) is 0 Å². The molecule has 0 aliphatic heterocycles. The van der Waals surface area contributed by atoms with Gasteiger partial charge in [-0.2, -0.15) is 0 Å². The van der Waals surface area contributed by atoms with Crippen LogP contribution in [0, 0.1) is 0 Å². The Balaban J connectivity index is 1.44. The maximum Gasteiger partial charge on any atom is 0.488 e. The van der Waals surface area contributed by atoms with Crippen molar-refractivity contribution in [1.82, 2.24) is 0 Å². The van der Waals surface area contributed by atoms with E-state index in [4.69, 9.17) is 0 Å². The van der Waals surface area contributed by atoms with Crippen molar-refractivity contribution in [3.63, 3.8) is 0 Å². The molecule has 0 aromatic heterocycles. The predicted octanol–water partition coefficient (Wildman–Crippen LogP) is 7.84. The Morgan fingerprint density at radius 1 is 0.350 bits per heavy atom. The van der Waals surface area contributed by atoms with E-state index >= 15 is 0 Å². The maximum atomic E-state index is 9.50. The third-order valence-corrected chi connectivity index (χ3v) is 7.09. The van der Waals surface area contributed by atoms with Gasteiger partial charge < -0.3 is 14.9 Å². The summed E-state index contributed by atoms with van der Waals surface area (Å²) in [5, 5.41) is 19.0. The van der Waals surface area contributed by atoms with Gasteiger partial charge in [0.25, 0.3) is 0 Å². The van der Waals surface area contributed by atoms with Crippen LogP contribution in [0.3, 0.4) is 0 Å². The number of hydrogen-bond acceptors (Lipinski definition) is 3. The second-order valence-corrected chi connectivity index (χ2v) is 9.71. The van der Waals surface area contributed by atoms with Gasteiger partial charge in [-0.3, -0.25) is 0 Å². The minimum Gasteiger partial charge on any atom is -0.423 e. The molecular formula is C36H28BNO2. The zero-order valence-corrected chi connectivity index (χ0v) is 21.9.